The third kappa shape index (κ3) is 6.29. The van der Waals surface area contributed by atoms with E-state index in [1.54, 1.807) is 24.6 Å². The first-order valence-corrected chi connectivity index (χ1v) is 9.89. The lowest BCUT2D eigenvalue weighted by Gasteiger charge is -2.13. The maximum atomic E-state index is 5.78. The molecule has 0 bridgehead atoms. The highest BCUT2D eigenvalue weighted by molar-refractivity contribution is 7.11. The van der Waals surface area contributed by atoms with Crippen LogP contribution in [0.4, 0.5) is 0 Å². The Morgan fingerprint density at radius 3 is 2.85 bits per heavy atom. The smallest absolute Gasteiger partial charge is 0.218 e. The van der Waals surface area contributed by atoms with Crippen molar-refractivity contribution in [2.45, 2.75) is 46.6 Å². The second kappa shape index (κ2) is 10.8. The van der Waals surface area contributed by atoms with E-state index in [1.165, 1.54) is 4.88 Å². The summed E-state index contributed by atoms with van der Waals surface area (Å²) in [5, 5.41) is 7.81. The van der Waals surface area contributed by atoms with Crippen LogP contribution < -0.4 is 15.4 Å². The summed E-state index contributed by atoms with van der Waals surface area (Å²) >= 11 is 1.76. The number of nitrogens with zero attached hydrogens (tertiary/aromatic N) is 3. The zero-order valence-corrected chi connectivity index (χ0v) is 16.9. The van der Waals surface area contributed by atoms with Crippen LogP contribution in [-0.4, -0.2) is 36.1 Å². The van der Waals surface area contributed by atoms with Crippen molar-refractivity contribution < 1.29 is 4.74 Å². The van der Waals surface area contributed by atoms with E-state index in [4.69, 9.17) is 4.74 Å². The van der Waals surface area contributed by atoms with Crippen LogP contribution in [0.15, 0.2) is 23.3 Å². The number of aliphatic imine (C=N–C) groups is 1. The number of hydrogen-bond acceptors (Lipinski definition) is 5. The zero-order chi connectivity index (χ0) is 18.8. The molecule has 2 N–H and O–H groups in total. The maximum Gasteiger partial charge on any atom is 0.218 e. The van der Waals surface area contributed by atoms with Gasteiger partial charge in [0, 0.05) is 43.2 Å². The summed E-state index contributed by atoms with van der Waals surface area (Å²) in [5.74, 6) is 1.45. The fourth-order valence-electron chi connectivity index (χ4n) is 2.34. The molecule has 0 aliphatic rings. The van der Waals surface area contributed by atoms with Crippen molar-refractivity contribution in [3.8, 4) is 5.88 Å². The van der Waals surface area contributed by atoms with Crippen LogP contribution in [0.5, 0.6) is 5.88 Å². The van der Waals surface area contributed by atoms with Gasteiger partial charge in [-0.15, -0.1) is 11.3 Å². The van der Waals surface area contributed by atoms with Crippen LogP contribution in [0.1, 0.15) is 40.9 Å². The van der Waals surface area contributed by atoms with E-state index in [0.717, 1.165) is 48.0 Å². The molecule has 0 fully saturated rings. The van der Waals surface area contributed by atoms with Crippen LogP contribution in [0.2, 0.25) is 0 Å². The van der Waals surface area contributed by atoms with Crippen LogP contribution in [0.25, 0.3) is 0 Å². The van der Waals surface area contributed by atoms with E-state index in [-0.39, 0.29) is 0 Å². The van der Waals surface area contributed by atoms with Crippen molar-refractivity contribution in [3.05, 3.63) is 39.5 Å². The van der Waals surface area contributed by atoms with Crippen molar-refractivity contribution >= 4 is 17.3 Å². The summed E-state index contributed by atoms with van der Waals surface area (Å²) in [5.41, 5.74) is 2.15. The lowest BCUT2D eigenvalue weighted by atomic mass is 10.2. The largest absolute Gasteiger partial charge is 0.477 e. The summed E-state index contributed by atoms with van der Waals surface area (Å²) in [7, 11) is 1.77. The first-order chi connectivity index (χ1) is 12.6. The Labute approximate surface area is 160 Å². The van der Waals surface area contributed by atoms with Gasteiger partial charge in [-0.3, -0.25) is 4.99 Å². The molecule has 0 spiro atoms. The molecule has 2 aromatic rings. The molecular formula is C19H29N5OS. The SMILES string of the molecule is CCCCOc1ncccc1CNC(=NC)NCCc1nc(C)c(C)s1. The number of ether oxygens (including phenoxy) is 1. The molecule has 2 aromatic heterocycles. The van der Waals surface area contributed by atoms with Gasteiger partial charge >= 0.3 is 0 Å². The Hall–Kier alpha value is -2.15. The molecule has 0 radical (unpaired) electrons. The first kappa shape index (κ1) is 20.2. The predicted octanol–water partition coefficient (Wildman–Crippen LogP) is 3.24. The predicted molar refractivity (Wildman–Crippen MR) is 108 cm³/mol. The normalized spacial score (nSPS) is 11.5. The second-order valence-electron chi connectivity index (χ2n) is 6.02. The average Bonchev–Trinajstić information content (AvgIpc) is 2.97. The third-order valence-electron chi connectivity index (χ3n) is 3.96. The van der Waals surface area contributed by atoms with Gasteiger partial charge in [0.1, 0.15) is 0 Å². The number of aryl methyl sites for hydroxylation is 2. The quantitative estimate of drug-likeness (QED) is 0.400. The number of hydrogen-bond donors (Lipinski definition) is 2. The van der Waals surface area contributed by atoms with Crippen molar-refractivity contribution in [1.82, 2.24) is 20.6 Å². The molecule has 2 rings (SSSR count). The van der Waals surface area contributed by atoms with E-state index >= 15 is 0 Å². The van der Waals surface area contributed by atoms with Crippen LogP contribution in [-0.2, 0) is 13.0 Å². The molecule has 0 atom stereocenters. The highest BCUT2D eigenvalue weighted by Gasteiger charge is 2.07. The number of rotatable bonds is 9. The van der Waals surface area contributed by atoms with Crippen molar-refractivity contribution in [2.75, 3.05) is 20.2 Å². The van der Waals surface area contributed by atoms with Gasteiger partial charge in [-0.05, 0) is 26.3 Å². The topological polar surface area (TPSA) is 71.4 Å². The number of unbranched alkanes of at least 4 members (excludes halogenated alkanes) is 1. The second-order valence-corrected chi connectivity index (χ2v) is 7.31. The molecule has 0 aliphatic carbocycles. The lowest BCUT2D eigenvalue weighted by molar-refractivity contribution is 0.294. The molecule has 7 heteroatoms. The first-order valence-electron chi connectivity index (χ1n) is 9.08. The molecular weight excluding hydrogens is 346 g/mol. The van der Waals surface area contributed by atoms with Gasteiger partial charge < -0.3 is 15.4 Å². The molecule has 0 saturated heterocycles. The summed E-state index contributed by atoms with van der Waals surface area (Å²) in [6.07, 6.45) is 4.78. The third-order valence-corrected chi connectivity index (χ3v) is 5.09. The zero-order valence-electron chi connectivity index (χ0n) is 16.1. The van der Waals surface area contributed by atoms with Crippen LogP contribution in [0, 0.1) is 13.8 Å². The summed E-state index contributed by atoms with van der Waals surface area (Å²) in [6, 6.07) is 3.95. The number of aromatic nitrogens is 2. The van der Waals surface area contributed by atoms with E-state index < -0.39 is 0 Å². The van der Waals surface area contributed by atoms with Gasteiger partial charge in [-0.2, -0.15) is 0 Å². The standard InChI is InChI=1S/C19H29N5OS/c1-5-6-12-25-18-16(8-7-10-21-18)13-23-19(20-4)22-11-9-17-24-14(2)15(3)26-17/h7-8,10H,5-6,9,11-13H2,1-4H3,(H2,20,22,23). The highest BCUT2D eigenvalue weighted by Crippen LogP contribution is 2.16. The van der Waals surface area contributed by atoms with E-state index in [9.17, 15) is 0 Å². The maximum absolute atomic E-state index is 5.78. The minimum Gasteiger partial charge on any atom is -0.477 e. The van der Waals surface area contributed by atoms with E-state index in [0.29, 0.717) is 19.0 Å². The van der Waals surface area contributed by atoms with E-state index in [2.05, 4.69) is 46.4 Å². The van der Waals surface area contributed by atoms with Crippen molar-refractivity contribution in [2.24, 2.45) is 4.99 Å². The van der Waals surface area contributed by atoms with Gasteiger partial charge in [-0.25, -0.2) is 9.97 Å². The Bertz CT molecular complexity index is 694. The van der Waals surface area contributed by atoms with Crippen LogP contribution in [0.3, 0.4) is 0 Å². The van der Waals surface area contributed by atoms with Gasteiger partial charge in [0.05, 0.1) is 17.3 Å². The van der Waals surface area contributed by atoms with E-state index in [1.807, 2.05) is 12.1 Å². The monoisotopic (exact) mass is 375 g/mol. The molecule has 26 heavy (non-hydrogen) atoms. The lowest BCUT2D eigenvalue weighted by Crippen LogP contribution is -2.38. The van der Waals surface area contributed by atoms with Gasteiger partial charge in [0.25, 0.3) is 0 Å². The molecule has 0 aliphatic heterocycles. The summed E-state index contributed by atoms with van der Waals surface area (Å²) in [4.78, 5) is 14.5. The van der Waals surface area contributed by atoms with Crippen molar-refractivity contribution in [1.29, 1.82) is 0 Å². The highest BCUT2D eigenvalue weighted by atomic mass is 32.1. The Morgan fingerprint density at radius 1 is 1.31 bits per heavy atom. The average molecular weight is 376 g/mol. The Morgan fingerprint density at radius 2 is 2.15 bits per heavy atom. The minimum absolute atomic E-state index is 0.616. The molecule has 0 amide bonds. The number of pyridine rings is 1. The van der Waals surface area contributed by atoms with Crippen molar-refractivity contribution in [3.63, 3.8) is 0 Å². The molecule has 0 unspecified atom stereocenters. The number of guanidine groups is 1. The number of thiazole rings is 1. The van der Waals surface area contributed by atoms with Gasteiger partial charge in [0.15, 0.2) is 5.96 Å². The fraction of sp³-hybridized carbons (Fsp3) is 0.526. The minimum atomic E-state index is 0.616. The fourth-order valence-corrected chi connectivity index (χ4v) is 3.27. The Kier molecular flexibility index (Phi) is 8.34. The molecule has 2 heterocycles. The molecule has 142 valence electrons. The van der Waals surface area contributed by atoms with Gasteiger partial charge in [0.2, 0.25) is 5.88 Å². The molecule has 0 saturated carbocycles. The molecule has 0 aromatic carbocycles. The number of nitrogens with one attached hydrogen (secondary N) is 2. The molecule has 6 nitrogen and oxygen atoms in total. The Balaban J connectivity index is 1.81. The summed E-state index contributed by atoms with van der Waals surface area (Å²) < 4.78 is 5.78. The van der Waals surface area contributed by atoms with Crippen LogP contribution >= 0.6 is 11.3 Å². The summed E-state index contributed by atoms with van der Waals surface area (Å²) in [6.45, 7) is 8.41. The van der Waals surface area contributed by atoms with Gasteiger partial charge in [-0.1, -0.05) is 19.4 Å².